The third kappa shape index (κ3) is 5.79. The molecule has 0 saturated carbocycles. The third-order valence-corrected chi connectivity index (χ3v) is 6.54. The summed E-state index contributed by atoms with van der Waals surface area (Å²) in [4.78, 5) is 32.1. The zero-order valence-corrected chi connectivity index (χ0v) is 20.4. The lowest BCUT2D eigenvalue weighted by molar-refractivity contribution is -0.162. The predicted octanol–water partition coefficient (Wildman–Crippen LogP) is 4.06. The van der Waals surface area contributed by atoms with Crippen LogP contribution in [0.2, 0.25) is 0 Å². The number of carbonyl (C=O) groups excluding carboxylic acids is 1. The van der Waals surface area contributed by atoms with Crippen molar-refractivity contribution in [2.24, 2.45) is 0 Å². The Hall–Kier alpha value is -3.80. The van der Waals surface area contributed by atoms with Crippen LogP contribution >= 0.6 is 0 Å². The summed E-state index contributed by atoms with van der Waals surface area (Å²) in [7, 11) is 0. The number of halogens is 3. The van der Waals surface area contributed by atoms with Crippen LogP contribution in [-0.2, 0) is 11.2 Å². The van der Waals surface area contributed by atoms with E-state index < -0.39 is 18.5 Å². The first kappa shape index (κ1) is 24.9. The molecule has 1 aliphatic rings. The van der Waals surface area contributed by atoms with Crippen molar-refractivity contribution in [1.29, 1.82) is 0 Å². The third-order valence-electron chi connectivity index (χ3n) is 6.54. The first-order valence-corrected chi connectivity index (χ1v) is 12.0. The van der Waals surface area contributed by atoms with Crippen molar-refractivity contribution in [3.8, 4) is 11.5 Å². The first-order chi connectivity index (χ1) is 17.6. The average Bonchev–Trinajstić information content (AvgIpc) is 3.47. The van der Waals surface area contributed by atoms with Crippen LogP contribution in [0.1, 0.15) is 42.3 Å². The number of fused-ring (bicyclic) bond motifs is 1. The highest BCUT2D eigenvalue weighted by Gasteiger charge is 2.35. The van der Waals surface area contributed by atoms with Crippen LogP contribution in [0.3, 0.4) is 0 Å². The maximum Gasteiger partial charge on any atom is 0.397 e. The Balaban J connectivity index is 1.24. The average molecular weight is 514 g/mol. The molecule has 1 aliphatic heterocycles. The molecule has 1 aromatic carbocycles. The Bertz CT molecular complexity index is 1410. The van der Waals surface area contributed by atoms with Gasteiger partial charge < -0.3 is 14.4 Å². The minimum absolute atomic E-state index is 0.0257. The molecule has 4 aromatic rings. The Morgan fingerprint density at radius 2 is 1.92 bits per heavy atom. The van der Waals surface area contributed by atoms with Gasteiger partial charge in [0.2, 0.25) is 5.91 Å². The van der Waals surface area contributed by atoms with Crippen LogP contribution in [-0.4, -0.2) is 73.2 Å². The number of benzene rings is 1. The molecular formula is C25H26F3N7O2. The molecule has 1 atom stereocenters. The summed E-state index contributed by atoms with van der Waals surface area (Å²) >= 11 is 0. The van der Waals surface area contributed by atoms with Crippen molar-refractivity contribution in [2.75, 3.05) is 26.2 Å². The van der Waals surface area contributed by atoms with Gasteiger partial charge in [0.1, 0.15) is 12.2 Å². The number of pyridine rings is 1. The summed E-state index contributed by atoms with van der Waals surface area (Å²) in [5.41, 5.74) is 4.36. The first-order valence-electron chi connectivity index (χ1n) is 12.0. The van der Waals surface area contributed by atoms with Crippen molar-refractivity contribution in [3.05, 3.63) is 59.4 Å². The van der Waals surface area contributed by atoms with Gasteiger partial charge in [0.15, 0.2) is 5.82 Å². The van der Waals surface area contributed by atoms with E-state index in [1.807, 2.05) is 37.3 Å². The SMILES string of the molecule is Cc1noc(-c2ccc3nc(Cc4cc(C(C)N5CCN(C(=O)CC(F)(F)F)CC5)ccn4)[nH]c3c2)n1. The van der Waals surface area contributed by atoms with Gasteiger partial charge in [-0.1, -0.05) is 5.16 Å². The monoisotopic (exact) mass is 513 g/mol. The summed E-state index contributed by atoms with van der Waals surface area (Å²) < 4.78 is 42.9. The van der Waals surface area contributed by atoms with Gasteiger partial charge in [0.05, 0.1) is 11.0 Å². The number of rotatable bonds is 6. The minimum atomic E-state index is -4.48. The molecule has 0 spiro atoms. The maximum atomic E-state index is 12.6. The summed E-state index contributed by atoms with van der Waals surface area (Å²) in [5.74, 6) is 0.918. The second kappa shape index (κ2) is 9.92. The summed E-state index contributed by atoms with van der Waals surface area (Å²) in [5, 5.41) is 3.83. The van der Waals surface area contributed by atoms with E-state index in [0.717, 1.165) is 33.7 Å². The Labute approximate surface area is 210 Å². The second-order valence-electron chi connectivity index (χ2n) is 9.20. The van der Waals surface area contributed by atoms with Gasteiger partial charge >= 0.3 is 6.18 Å². The number of nitrogens with zero attached hydrogens (tertiary/aromatic N) is 6. The van der Waals surface area contributed by atoms with Crippen LogP contribution < -0.4 is 0 Å². The Morgan fingerprint density at radius 1 is 1.14 bits per heavy atom. The molecule has 0 bridgehead atoms. The van der Waals surface area contributed by atoms with Crippen molar-refractivity contribution in [2.45, 2.75) is 38.9 Å². The van der Waals surface area contributed by atoms with Crippen LogP contribution in [0.25, 0.3) is 22.5 Å². The van der Waals surface area contributed by atoms with Gasteiger partial charge in [-0.3, -0.25) is 14.7 Å². The van der Waals surface area contributed by atoms with E-state index in [1.165, 1.54) is 4.90 Å². The van der Waals surface area contributed by atoms with E-state index in [-0.39, 0.29) is 19.1 Å². The fourth-order valence-electron chi connectivity index (χ4n) is 4.57. The number of aromatic nitrogens is 5. The molecular weight excluding hydrogens is 487 g/mol. The number of aryl methyl sites for hydroxylation is 1. The Morgan fingerprint density at radius 3 is 2.62 bits per heavy atom. The molecule has 4 heterocycles. The zero-order valence-electron chi connectivity index (χ0n) is 20.4. The highest BCUT2D eigenvalue weighted by Crippen LogP contribution is 2.26. The van der Waals surface area contributed by atoms with Gasteiger partial charge in [0.25, 0.3) is 5.89 Å². The number of aromatic amines is 1. The quantitative estimate of drug-likeness (QED) is 0.415. The number of amides is 1. The number of imidazole rings is 1. The summed E-state index contributed by atoms with van der Waals surface area (Å²) in [6.45, 7) is 5.39. The fraction of sp³-hybridized carbons (Fsp3) is 0.400. The predicted molar refractivity (Wildman–Crippen MR) is 128 cm³/mol. The highest BCUT2D eigenvalue weighted by molar-refractivity contribution is 5.80. The van der Waals surface area contributed by atoms with Crippen LogP contribution in [0.4, 0.5) is 13.2 Å². The molecule has 1 unspecified atom stereocenters. The van der Waals surface area contributed by atoms with E-state index in [9.17, 15) is 18.0 Å². The molecule has 9 nitrogen and oxygen atoms in total. The molecule has 0 aliphatic carbocycles. The topological polar surface area (TPSA) is 104 Å². The lowest BCUT2D eigenvalue weighted by atomic mass is 10.1. The molecule has 1 N–H and O–H groups in total. The number of hydrogen-bond acceptors (Lipinski definition) is 7. The normalized spacial score (nSPS) is 15.9. The lowest BCUT2D eigenvalue weighted by Gasteiger charge is -2.38. The zero-order chi connectivity index (χ0) is 26.2. The van der Waals surface area contributed by atoms with Gasteiger partial charge in [-0.15, -0.1) is 0 Å². The van der Waals surface area contributed by atoms with E-state index in [4.69, 9.17) is 4.52 Å². The molecule has 12 heteroatoms. The smallest absolute Gasteiger partial charge is 0.342 e. The number of hydrogen-bond donors (Lipinski definition) is 1. The molecule has 37 heavy (non-hydrogen) atoms. The Kier molecular flexibility index (Phi) is 6.67. The second-order valence-corrected chi connectivity index (χ2v) is 9.20. The number of H-pyrrole nitrogens is 1. The largest absolute Gasteiger partial charge is 0.397 e. The summed E-state index contributed by atoms with van der Waals surface area (Å²) in [6, 6.07) is 9.69. The number of alkyl halides is 3. The van der Waals surface area contributed by atoms with E-state index in [0.29, 0.717) is 31.2 Å². The number of nitrogens with one attached hydrogen (secondary N) is 1. The summed E-state index contributed by atoms with van der Waals surface area (Å²) in [6.07, 6.45) is -3.63. The molecule has 0 radical (unpaired) electrons. The van der Waals surface area contributed by atoms with E-state index >= 15 is 0 Å². The standard InChI is InChI=1S/C25H26F3N7O2/c1-15(34-7-9-35(10-8-34)23(36)14-25(26,27)28)17-5-6-29-19(11-17)13-22-31-20-4-3-18(12-21(20)32-22)24-30-16(2)33-37-24/h3-6,11-12,15H,7-10,13-14H2,1-2H3,(H,31,32). The molecule has 1 fully saturated rings. The van der Waals surface area contributed by atoms with Crippen molar-refractivity contribution in [3.63, 3.8) is 0 Å². The molecule has 3 aromatic heterocycles. The number of carbonyl (C=O) groups is 1. The van der Waals surface area contributed by atoms with Crippen molar-refractivity contribution in [1.82, 2.24) is 34.9 Å². The molecule has 194 valence electrons. The van der Waals surface area contributed by atoms with Crippen LogP contribution in [0, 0.1) is 6.92 Å². The minimum Gasteiger partial charge on any atom is -0.342 e. The van der Waals surface area contributed by atoms with E-state index in [1.54, 1.807) is 13.1 Å². The maximum absolute atomic E-state index is 12.6. The van der Waals surface area contributed by atoms with Gasteiger partial charge in [-0.2, -0.15) is 18.2 Å². The van der Waals surface area contributed by atoms with Gasteiger partial charge in [-0.05, 0) is 49.7 Å². The van der Waals surface area contributed by atoms with Crippen LogP contribution in [0.5, 0.6) is 0 Å². The van der Waals surface area contributed by atoms with Crippen molar-refractivity contribution < 1.29 is 22.5 Å². The van der Waals surface area contributed by atoms with Gasteiger partial charge in [-0.25, -0.2) is 4.98 Å². The van der Waals surface area contributed by atoms with Gasteiger partial charge in [0, 0.05) is 56.1 Å². The molecule has 1 saturated heterocycles. The fourth-order valence-corrected chi connectivity index (χ4v) is 4.57. The lowest BCUT2D eigenvalue weighted by Crippen LogP contribution is -2.50. The molecule has 1 amide bonds. The van der Waals surface area contributed by atoms with Crippen molar-refractivity contribution >= 4 is 16.9 Å². The van der Waals surface area contributed by atoms with E-state index in [2.05, 4.69) is 30.0 Å². The highest BCUT2D eigenvalue weighted by atomic mass is 19.4. The van der Waals surface area contributed by atoms with Crippen LogP contribution in [0.15, 0.2) is 41.1 Å². The molecule has 5 rings (SSSR count). The number of piperazine rings is 1.